The molecule has 2 N–H and O–H groups in total. The van der Waals surface area contributed by atoms with E-state index < -0.39 is 6.10 Å². The summed E-state index contributed by atoms with van der Waals surface area (Å²) in [5.41, 5.74) is 2.08. The molecule has 0 spiro atoms. The SMILES string of the molecule is OC(Cc1c[nH]c(=S)o1)Cc1ccccc1OCc1ccccc1. The molecule has 1 unspecified atom stereocenters. The van der Waals surface area contributed by atoms with Gasteiger partial charge in [0.25, 0.3) is 4.84 Å². The fourth-order valence-corrected chi connectivity index (χ4v) is 2.69. The van der Waals surface area contributed by atoms with Crippen LogP contribution in [-0.4, -0.2) is 16.2 Å². The highest BCUT2D eigenvalue weighted by molar-refractivity contribution is 7.71. The van der Waals surface area contributed by atoms with Gasteiger partial charge in [-0.1, -0.05) is 48.5 Å². The number of aliphatic hydroxyl groups is 1. The molecule has 0 saturated carbocycles. The lowest BCUT2D eigenvalue weighted by Crippen LogP contribution is -2.14. The fraction of sp³-hybridized carbons (Fsp3) is 0.211. The summed E-state index contributed by atoms with van der Waals surface area (Å²) < 4.78 is 11.2. The summed E-state index contributed by atoms with van der Waals surface area (Å²) in [4.78, 5) is 3.12. The molecule has 3 rings (SSSR count). The Morgan fingerprint density at radius 2 is 1.79 bits per heavy atom. The maximum absolute atomic E-state index is 10.3. The molecule has 0 bridgehead atoms. The Morgan fingerprint density at radius 3 is 2.54 bits per heavy atom. The van der Waals surface area contributed by atoms with Crippen LogP contribution in [0.25, 0.3) is 0 Å². The van der Waals surface area contributed by atoms with E-state index in [1.54, 1.807) is 6.20 Å². The molecule has 24 heavy (non-hydrogen) atoms. The molecular weight excluding hydrogens is 322 g/mol. The van der Waals surface area contributed by atoms with Gasteiger partial charge >= 0.3 is 0 Å². The quantitative estimate of drug-likeness (QED) is 0.636. The summed E-state index contributed by atoms with van der Waals surface area (Å²) in [5, 5.41) is 10.3. The van der Waals surface area contributed by atoms with E-state index in [1.165, 1.54) is 0 Å². The molecule has 0 aliphatic heterocycles. The highest BCUT2D eigenvalue weighted by Gasteiger charge is 2.12. The number of oxazole rings is 1. The first-order valence-corrected chi connectivity index (χ1v) is 8.21. The van der Waals surface area contributed by atoms with E-state index in [-0.39, 0.29) is 0 Å². The van der Waals surface area contributed by atoms with Crippen molar-refractivity contribution in [1.29, 1.82) is 0 Å². The van der Waals surface area contributed by atoms with E-state index in [2.05, 4.69) is 4.98 Å². The zero-order chi connectivity index (χ0) is 16.8. The Bertz CT molecular complexity index is 826. The van der Waals surface area contributed by atoms with Crippen LogP contribution in [0.2, 0.25) is 0 Å². The predicted molar refractivity (Wildman–Crippen MR) is 94.5 cm³/mol. The molecule has 0 saturated heterocycles. The number of hydrogen-bond acceptors (Lipinski definition) is 4. The molecule has 2 aromatic carbocycles. The number of nitrogens with one attached hydrogen (secondary N) is 1. The molecule has 0 aliphatic rings. The van der Waals surface area contributed by atoms with E-state index in [0.29, 0.717) is 30.0 Å². The highest BCUT2D eigenvalue weighted by Crippen LogP contribution is 2.22. The number of para-hydroxylation sites is 1. The van der Waals surface area contributed by atoms with Gasteiger partial charge in [0.05, 0.1) is 6.10 Å². The Balaban J connectivity index is 1.64. The summed E-state index contributed by atoms with van der Waals surface area (Å²) in [6.45, 7) is 0.500. The number of aromatic nitrogens is 1. The minimum Gasteiger partial charge on any atom is -0.489 e. The second kappa shape index (κ2) is 7.95. The van der Waals surface area contributed by atoms with Crippen LogP contribution in [0.3, 0.4) is 0 Å². The van der Waals surface area contributed by atoms with Crippen LogP contribution in [0.4, 0.5) is 0 Å². The first-order chi connectivity index (χ1) is 11.7. The lowest BCUT2D eigenvalue weighted by atomic mass is 10.0. The second-order valence-corrected chi connectivity index (χ2v) is 5.96. The van der Waals surface area contributed by atoms with Crippen molar-refractivity contribution < 1.29 is 14.3 Å². The molecule has 4 nitrogen and oxygen atoms in total. The monoisotopic (exact) mass is 341 g/mol. The summed E-state index contributed by atoms with van der Waals surface area (Å²) in [7, 11) is 0. The predicted octanol–water partition coefficient (Wildman–Crippen LogP) is 4.06. The number of aromatic amines is 1. The highest BCUT2D eigenvalue weighted by atomic mass is 32.1. The van der Waals surface area contributed by atoms with Crippen LogP contribution < -0.4 is 4.74 Å². The molecule has 0 aliphatic carbocycles. The summed E-state index contributed by atoms with van der Waals surface area (Å²) in [6.07, 6.45) is 2.00. The largest absolute Gasteiger partial charge is 0.489 e. The van der Waals surface area contributed by atoms with Gasteiger partial charge in [-0.25, -0.2) is 0 Å². The summed E-state index contributed by atoms with van der Waals surface area (Å²) in [5.74, 6) is 1.44. The lowest BCUT2D eigenvalue weighted by Gasteiger charge is -2.14. The fourth-order valence-electron chi connectivity index (χ4n) is 2.52. The van der Waals surface area contributed by atoms with Crippen molar-refractivity contribution in [3.05, 3.63) is 82.5 Å². The Hall–Kier alpha value is -2.37. The maximum Gasteiger partial charge on any atom is 0.266 e. The normalized spacial score (nSPS) is 12.0. The minimum atomic E-state index is -0.569. The smallest absolute Gasteiger partial charge is 0.266 e. The van der Waals surface area contributed by atoms with E-state index in [4.69, 9.17) is 21.4 Å². The average molecular weight is 341 g/mol. The lowest BCUT2D eigenvalue weighted by molar-refractivity contribution is 0.165. The zero-order valence-corrected chi connectivity index (χ0v) is 14.0. The topological polar surface area (TPSA) is 58.4 Å². The average Bonchev–Trinajstić information content (AvgIpc) is 3.00. The van der Waals surface area contributed by atoms with Gasteiger partial charge in [0.2, 0.25) is 0 Å². The van der Waals surface area contributed by atoms with Gasteiger partial charge in [-0.2, -0.15) is 0 Å². The van der Waals surface area contributed by atoms with Gasteiger partial charge in [-0.3, -0.25) is 0 Å². The Kier molecular flexibility index (Phi) is 5.46. The van der Waals surface area contributed by atoms with Crippen LogP contribution in [-0.2, 0) is 19.4 Å². The zero-order valence-electron chi connectivity index (χ0n) is 13.1. The third-order valence-corrected chi connectivity index (χ3v) is 3.88. The van der Waals surface area contributed by atoms with Gasteiger partial charge in [0, 0.05) is 19.0 Å². The number of H-pyrrole nitrogens is 1. The molecule has 3 aromatic rings. The molecule has 1 aromatic heterocycles. The molecule has 0 radical (unpaired) electrons. The van der Waals surface area contributed by atoms with Gasteiger partial charge in [0.1, 0.15) is 18.1 Å². The summed E-state index contributed by atoms with van der Waals surface area (Å²) in [6, 6.07) is 17.8. The van der Waals surface area contributed by atoms with E-state index in [9.17, 15) is 5.11 Å². The molecule has 5 heteroatoms. The number of hydrogen-bond donors (Lipinski definition) is 2. The first-order valence-electron chi connectivity index (χ1n) is 7.81. The van der Waals surface area contributed by atoms with Crippen molar-refractivity contribution in [1.82, 2.24) is 4.98 Å². The summed E-state index contributed by atoms with van der Waals surface area (Å²) >= 11 is 4.89. The molecule has 0 fully saturated rings. The maximum atomic E-state index is 10.3. The first kappa shape index (κ1) is 16.5. The standard InChI is InChI=1S/C19H19NO3S/c21-16(11-17-12-20-19(24)23-17)10-15-8-4-5-9-18(15)22-13-14-6-2-1-3-7-14/h1-9,12,16,21H,10-11,13H2,(H,20,24). The molecule has 124 valence electrons. The molecule has 1 atom stereocenters. The van der Waals surface area contributed by atoms with Crippen LogP contribution in [0.1, 0.15) is 16.9 Å². The third kappa shape index (κ3) is 4.57. The third-order valence-electron chi connectivity index (χ3n) is 3.68. The van der Waals surface area contributed by atoms with Crippen molar-refractivity contribution in [3.63, 3.8) is 0 Å². The number of ether oxygens (including phenoxy) is 1. The van der Waals surface area contributed by atoms with E-state index in [1.807, 2.05) is 54.6 Å². The van der Waals surface area contributed by atoms with Crippen molar-refractivity contribution in [2.24, 2.45) is 0 Å². The van der Waals surface area contributed by atoms with Crippen LogP contribution in [0, 0.1) is 4.84 Å². The van der Waals surface area contributed by atoms with Crippen LogP contribution in [0.15, 0.2) is 65.2 Å². The number of benzene rings is 2. The van der Waals surface area contributed by atoms with Crippen LogP contribution in [0.5, 0.6) is 5.75 Å². The van der Waals surface area contributed by atoms with Crippen LogP contribution >= 0.6 is 12.2 Å². The minimum absolute atomic E-state index is 0.323. The van der Waals surface area contributed by atoms with Crippen molar-refractivity contribution in [3.8, 4) is 5.75 Å². The van der Waals surface area contributed by atoms with Crippen molar-refractivity contribution in [2.75, 3.05) is 0 Å². The Labute approximate surface area is 145 Å². The van der Waals surface area contributed by atoms with Gasteiger partial charge < -0.3 is 19.2 Å². The Morgan fingerprint density at radius 1 is 1.04 bits per heavy atom. The van der Waals surface area contributed by atoms with Crippen molar-refractivity contribution >= 4 is 12.2 Å². The van der Waals surface area contributed by atoms with Gasteiger partial charge in [-0.05, 0) is 29.4 Å². The van der Waals surface area contributed by atoms with Crippen molar-refractivity contribution in [2.45, 2.75) is 25.6 Å². The molecular formula is C19H19NO3S. The molecule has 1 heterocycles. The second-order valence-electron chi connectivity index (χ2n) is 5.59. The number of rotatable bonds is 7. The van der Waals surface area contributed by atoms with Gasteiger partial charge in [0.15, 0.2) is 0 Å². The van der Waals surface area contributed by atoms with Gasteiger partial charge in [-0.15, -0.1) is 0 Å². The molecule has 0 amide bonds. The number of aliphatic hydroxyl groups excluding tert-OH is 1. The van der Waals surface area contributed by atoms with E-state index in [0.717, 1.165) is 16.9 Å². The van der Waals surface area contributed by atoms with E-state index >= 15 is 0 Å².